The Labute approximate surface area is 148 Å². The van der Waals surface area contributed by atoms with Crippen molar-refractivity contribution in [2.75, 3.05) is 7.11 Å². The lowest BCUT2D eigenvalue weighted by atomic mass is 9.96. The molecule has 1 amide bonds. The number of carbonyl (C=O) groups excluding carboxylic acids is 1. The summed E-state index contributed by atoms with van der Waals surface area (Å²) in [6.07, 6.45) is 0. The minimum Gasteiger partial charge on any atom is -0.497 e. The van der Waals surface area contributed by atoms with Crippen molar-refractivity contribution in [1.82, 2.24) is 15.5 Å². The third-order valence-corrected chi connectivity index (χ3v) is 4.35. The summed E-state index contributed by atoms with van der Waals surface area (Å²) in [5.74, 6) is 0.376. The summed E-state index contributed by atoms with van der Waals surface area (Å²) in [6.45, 7) is 0. The largest absolute Gasteiger partial charge is 0.497 e. The number of hydrogen-bond acceptors (Lipinski definition) is 5. The summed E-state index contributed by atoms with van der Waals surface area (Å²) in [6, 6.07) is 13.0. The van der Waals surface area contributed by atoms with Gasteiger partial charge in [0.15, 0.2) is 0 Å². The number of nitrogens with zero attached hydrogens (tertiary/aromatic N) is 2. The average molecular weight is 350 g/mol. The van der Waals surface area contributed by atoms with E-state index in [1.165, 1.54) is 12.1 Å². The Kier molecular flexibility index (Phi) is 3.65. The molecule has 2 aromatic carbocycles. The molecule has 1 aliphatic rings. The molecule has 8 heteroatoms. The highest BCUT2D eigenvalue weighted by atomic mass is 16.6. The van der Waals surface area contributed by atoms with E-state index in [1.807, 2.05) is 24.3 Å². The highest BCUT2D eigenvalue weighted by molar-refractivity contribution is 6.00. The molecule has 4 rings (SSSR count). The number of rotatable bonds is 4. The molecule has 8 nitrogen and oxygen atoms in total. The Morgan fingerprint density at radius 1 is 1.19 bits per heavy atom. The number of carbonyl (C=O) groups is 1. The first-order valence-corrected chi connectivity index (χ1v) is 7.86. The number of hydrogen-bond donors (Lipinski definition) is 2. The summed E-state index contributed by atoms with van der Waals surface area (Å²) in [7, 11) is 1.57. The van der Waals surface area contributed by atoms with Crippen LogP contribution in [0.25, 0.3) is 11.3 Å². The molecule has 0 radical (unpaired) electrons. The van der Waals surface area contributed by atoms with E-state index in [0.29, 0.717) is 28.3 Å². The van der Waals surface area contributed by atoms with Crippen LogP contribution in [-0.4, -0.2) is 28.1 Å². The smallest absolute Gasteiger partial charge is 0.270 e. The molecular weight excluding hydrogens is 336 g/mol. The van der Waals surface area contributed by atoms with Crippen LogP contribution in [0.3, 0.4) is 0 Å². The maximum absolute atomic E-state index is 12.3. The van der Waals surface area contributed by atoms with Gasteiger partial charge in [0.1, 0.15) is 11.4 Å². The number of non-ortho nitro benzene ring substituents is 1. The fraction of sp³-hybridized carbons (Fsp3) is 0.111. The number of benzene rings is 2. The van der Waals surface area contributed by atoms with Crippen LogP contribution in [0, 0.1) is 10.1 Å². The molecule has 1 atom stereocenters. The zero-order valence-electron chi connectivity index (χ0n) is 13.7. The van der Waals surface area contributed by atoms with Gasteiger partial charge in [-0.05, 0) is 17.7 Å². The van der Waals surface area contributed by atoms with Gasteiger partial charge in [-0.15, -0.1) is 0 Å². The second kappa shape index (κ2) is 5.99. The zero-order valence-corrected chi connectivity index (χ0v) is 13.7. The highest BCUT2D eigenvalue weighted by Crippen LogP contribution is 2.38. The van der Waals surface area contributed by atoms with Crippen LogP contribution in [0.5, 0.6) is 5.75 Å². The second-order valence-electron chi connectivity index (χ2n) is 5.85. The molecule has 0 bridgehead atoms. The number of nitro groups is 1. The van der Waals surface area contributed by atoms with Gasteiger partial charge in [0.05, 0.1) is 23.8 Å². The number of aromatic nitrogens is 2. The summed E-state index contributed by atoms with van der Waals surface area (Å²) in [4.78, 5) is 22.9. The monoisotopic (exact) mass is 350 g/mol. The molecule has 130 valence electrons. The number of aromatic amines is 1. The van der Waals surface area contributed by atoms with Crippen molar-refractivity contribution in [2.24, 2.45) is 0 Å². The fourth-order valence-electron chi connectivity index (χ4n) is 3.14. The van der Waals surface area contributed by atoms with E-state index in [0.717, 1.165) is 5.56 Å². The van der Waals surface area contributed by atoms with Gasteiger partial charge < -0.3 is 10.1 Å². The lowest BCUT2D eigenvalue weighted by molar-refractivity contribution is -0.384. The van der Waals surface area contributed by atoms with E-state index in [4.69, 9.17) is 4.74 Å². The van der Waals surface area contributed by atoms with Gasteiger partial charge in [0.25, 0.3) is 11.6 Å². The molecule has 2 heterocycles. The van der Waals surface area contributed by atoms with Gasteiger partial charge in [0.2, 0.25) is 0 Å². The Morgan fingerprint density at radius 3 is 2.77 bits per heavy atom. The van der Waals surface area contributed by atoms with Gasteiger partial charge in [-0.2, -0.15) is 5.10 Å². The van der Waals surface area contributed by atoms with Crippen molar-refractivity contribution in [1.29, 1.82) is 0 Å². The Balaban J connectivity index is 1.84. The number of H-pyrrole nitrogens is 1. The van der Waals surface area contributed by atoms with E-state index in [9.17, 15) is 14.9 Å². The van der Waals surface area contributed by atoms with Crippen molar-refractivity contribution in [3.63, 3.8) is 0 Å². The first-order chi connectivity index (χ1) is 12.6. The molecule has 0 aliphatic carbocycles. The third-order valence-electron chi connectivity index (χ3n) is 4.35. The van der Waals surface area contributed by atoms with E-state index >= 15 is 0 Å². The molecular formula is C18H14N4O4. The topological polar surface area (TPSA) is 110 Å². The SMILES string of the molecule is COc1cccc(-c2n[nH]c3c2C(c2cccc([N+](=O)[O-])c2)NC3=O)c1. The molecule has 1 aromatic heterocycles. The van der Waals surface area contributed by atoms with E-state index in [2.05, 4.69) is 15.5 Å². The van der Waals surface area contributed by atoms with Gasteiger partial charge in [0, 0.05) is 23.3 Å². The van der Waals surface area contributed by atoms with Gasteiger partial charge in [-0.1, -0.05) is 24.3 Å². The van der Waals surface area contributed by atoms with E-state index < -0.39 is 11.0 Å². The number of nitro benzene ring substituents is 1. The third kappa shape index (κ3) is 2.48. The van der Waals surface area contributed by atoms with Crippen LogP contribution in [-0.2, 0) is 0 Å². The molecule has 0 saturated carbocycles. The van der Waals surface area contributed by atoms with Crippen molar-refractivity contribution < 1.29 is 14.5 Å². The summed E-state index contributed by atoms with van der Waals surface area (Å²) < 4.78 is 5.25. The van der Waals surface area contributed by atoms with Crippen molar-refractivity contribution in [3.8, 4) is 17.0 Å². The number of amides is 1. The number of methoxy groups -OCH3 is 1. The predicted octanol–water partition coefficient (Wildman–Crippen LogP) is 2.83. The van der Waals surface area contributed by atoms with Gasteiger partial charge in [-0.25, -0.2) is 0 Å². The molecule has 1 unspecified atom stereocenters. The number of fused-ring (bicyclic) bond motifs is 1. The zero-order chi connectivity index (χ0) is 18.3. The first-order valence-electron chi connectivity index (χ1n) is 7.86. The van der Waals surface area contributed by atoms with Crippen LogP contribution in [0.4, 0.5) is 5.69 Å². The van der Waals surface area contributed by atoms with Gasteiger partial charge in [-0.3, -0.25) is 20.0 Å². The Hall–Kier alpha value is -3.68. The maximum atomic E-state index is 12.3. The molecule has 1 aliphatic heterocycles. The van der Waals surface area contributed by atoms with E-state index in [-0.39, 0.29) is 11.6 Å². The normalized spacial score (nSPS) is 15.4. The minimum absolute atomic E-state index is 0.0309. The standard InChI is InChI=1S/C18H14N4O4/c1-26-13-7-3-5-11(9-13)16-14-15(19-18(23)17(14)21-20-16)10-4-2-6-12(8-10)22(24)25/h2-9,15H,1H3,(H,19,23)(H,20,21). The molecule has 2 N–H and O–H groups in total. The lowest BCUT2D eigenvalue weighted by Crippen LogP contribution is -2.21. The van der Waals surface area contributed by atoms with Crippen LogP contribution >= 0.6 is 0 Å². The van der Waals surface area contributed by atoms with Gasteiger partial charge >= 0.3 is 0 Å². The second-order valence-corrected chi connectivity index (χ2v) is 5.85. The van der Waals surface area contributed by atoms with Crippen molar-refractivity contribution in [3.05, 3.63) is 75.5 Å². The first kappa shape index (κ1) is 15.8. The lowest BCUT2D eigenvalue weighted by Gasteiger charge is -2.13. The quantitative estimate of drug-likeness (QED) is 0.555. The van der Waals surface area contributed by atoms with E-state index in [1.54, 1.807) is 19.2 Å². The van der Waals surface area contributed by atoms with Crippen LogP contribution in [0.15, 0.2) is 48.5 Å². The highest BCUT2D eigenvalue weighted by Gasteiger charge is 2.36. The van der Waals surface area contributed by atoms with Crippen LogP contribution in [0.2, 0.25) is 0 Å². The molecule has 0 spiro atoms. The number of ether oxygens (including phenoxy) is 1. The summed E-state index contributed by atoms with van der Waals surface area (Å²) in [5.41, 5.74) is 3.01. The van der Waals surface area contributed by atoms with Crippen molar-refractivity contribution in [2.45, 2.75) is 6.04 Å². The van der Waals surface area contributed by atoms with Crippen LogP contribution < -0.4 is 10.1 Å². The maximum Gasteiger partial charge on any atom is 0.270 e. The van der Waals surface area contributed by atoms with Crippen molar-refractivity contribution >= 4 is 11.6 Å². The Morgan fingerprint density at radius 2 is 2.00 bits per heavy atom. The minimum atomic E-state index is -0.516. The average Bonchev–Trinajstić information content (AvgIpc) is 3.23. The number of nitrogens with one attached hydrogen (secondary N) is 2. The molecule has 0 fully saturated rings. The summed E-state index contributed by atoms with van der Waals surface area (Å²) >= 11 is 0. The molecule has 3 aromatic rings. The van der Waals surface area contributed by atoms with Crippen LogP contribution in [0.1, 0.15) is 27.7 Å². The predicted molar refractivity (Wildman–Crippen MR) is 93.0 cm³/mol. The summed E-state index contributed by atoms with van der Waals surface area (Å²) in [5, 5.41) is 21.0. The molecule has 26 heavy (non-hydrogen) atoms. The fourth-order valence-corrected chi connectivity index (χ4v) is 3.14. The molecule has 0 saturated heterocycles. The Bertz CT molecular complexity index is 1030.